The van der Waals surface area contributed by atoms with Gasteiger partial charge >= 0.3 is 0 Å². The van der Waals surface area contributed by atoms with Crippen molar-refractivity contribution in [1.82, 2.24) is 10.6 Å². The number of nitrogens with one attached hydrogen (secondary N) is 2. The van der Waals surface area contributed by atoms with E-state index in [9.17, 15) is 19.5 Å². The number of carboxylic acid groups (broad SMARTS) is 1. The highest BCUT2D eigenvalue weighted by molar-refractivity contribution is 7.98. The highest BCUT2D eigenvalue weighted by Crippen LogP contribution is 2.07. The van der Waals surface area contributed by atoms with Gasteiger partial charge in [0.05, 0.1) is 12.0 Å². The van der Waals surface area contributed by atoms with Gasteiger partial charge < -0.3 is 20.5 Å². The number of hydrogen-bond donors (Lipinski definition) is 2. The van der Waals surface area contributed by atoms with Gasteiger partial charge in [-0.15, -0.1) is 0 Å². The molecular formula is C21H23N2O4S-. The molecule has 0 aliphatic carbocycles. The molecule has 2 aromatic rings. The Kier molecular flexibility index (Phi) is 8.55. The highest BCUT2D eigenvalue weighted by Gasteiger charge is 2.24. The average molecular weight is 399 g/mol. The average Bonchev–Trinajstić information content (AvgIpc) is 2.71. The van der Waals surface area contributed by atoms with E-state index in [4.69, 9.17) is 0 Å². The number of aliphatic carboxylic acids is 1. The summed E-state index contributed by atoms with van der Waals surface area (Å²) in [4.78, 5) is 36.6. The van der Waals surface area contributed by atoms with Crippen LogP contribution >= 0.6 is 11.8 Å². The Morgan fingerprint density at radius 3 is 2.11 bits per heavy atom. The maximum absolute atomic E-state index is 12.8. The summed E-state index contributed by atoms with van der Waals surface area (Å²) in [6.45, 7) is 0. The molecule has 148 valence electrons. The van der Waals surface area contributed by atoms with Crippen LogP contribution in [0.4, 0.5) is 0 Å². The monoisotopic (exact) mass is 399 g/mol. The summed E-state index contributed by atoms with van der Waals surface area (Å²) >= 11 is 1.48. The zero-order valence-electron chi connectivity index (χ0n) is 15.6. The normalized spacial score (nSPS) is 12.6. The molecule has 0 fully saturated rings. The number of rotatable bonds is 10. The van der Waals surface area contributed by atoms with Crippen molar-refractivity contribution in [1.29, 1.82) is 0 Å². The molecule has 6 nitrogen and oxygen atoms in total. The van der Waals surface area contributed by atoms with Crippen molar-refractivity contribution >= 4 is 29.5 Å². The second-order valence-electron chi connectivity index (χ2n) is 6.24. The number of benzene rings is 2. The Labute approximate surface area is 168 Å². The number of thioether (sulfide) groups is 1. The maximum atomic E-state index is 12.8. The number of carboxylic acids is 1. The van der Waals surface area contributed by atoms with Gasteiger partial charge in [0.25, 0.3) is 5.91 Å². The van der Waals surface area contributed by atoms with Crippen LogP contribution < -0.4 is 15.7 Å². The molecular weight excluding hydrogens is 376 g/mol. The molecule has 0 saturated carbocycles. The van der Waals surface area contributed by atoms with Gasteiger partial charge in [-0.3, -0.25) is 9.59 Å². The lowest BCUT2D eigenvalue weighted by atomic mass is 10.0. The predicted molar refractivity (Wildman–Crippen MR) is 108 cm³/mol. The SMILES string of the molecule is CSCC[C@H](NC(=O)[C@H](Cc1ccccc1)NC(=O)c1ccccc1)C(=O)[O-]. The van der Waals surface area contributed by atoms with Gasteiger partial charge in [-0.25, -0.2) is 0 Å². The molecule has 2 aromatic carbocycles. The van der Waals surface area contributed by atoms with Crippen LogP contribution in [0.3, 0.4) is 0 Å². The van der Waals surface area contributed by atoms with Crippen LogP contribution in [0.1, 0.15) is 22.3 Å². The highest BCUT2D eigenvalue weighted by atomic mass is 32.2. The van der Waals surface area contributed by atoms with E-state index in [1.54, 1.807) is 30.3 Å². The van der Waals surface area contributed by atoms with Crippen molar-refractivity contribution < 1.29 is 19.5 Å². The molecule has 0 heterocycles. The van der Waals surface area contributed by atoms with Crippen LogP contribution in [0.15, 0.2) is 60.7 Å². The van der Waals surface area contributed by atoms with Crippen molar-refractivity contribution in [2.24, 2.45) is 0 Å². The summed E-state index contributed by atoms with van der Waals surface area (Å²) in [5.41, 5.74) is 1.28. The topological polar surface area (TPSA) is 98.3 Å². The minimum atomic E-state index is -1.34. The van der Waals surface area contributed by atoms with Crippen LogP contribution in [0.5, 0.6) is 0 Å². The van der Waals surface area contributed by atoms with Crippen molar-refractivity contribution in [3.8, 4) is 0 Å². The number of hydrogen-bond acceptors (Lipinski definition) is 5. The van der Waals surface area contributed by atoms with Gasteiger partial charge in [-0.05, 0) is 36.1 Å². The lowest BCUT2D eigenvalue weighted by Gasteiger charge is -2.24. The largest absolute Gasteiger partial charge is 0.548 e. The molecule has 0 saturated heterocycles. The molecule has 0 bridgehead atoms. The Bertz CT molecular complexity index is 784. The van der Waals surface area contributed by atoms with Crippen LogP contribution in [0, 0.1) is 0 Å². The summed E-state index contributed by atoms with van der Waals surface area (Å²) in [6.07, 6.45) is 2.35. The lowest BCUT2D eigenvalue weighted by Crippen LogP contribution is -2.55. The van der Waals surface area contributed by atoms with E-state index in [0.717, 1.165) is 5.56 Å². The van der Waals surface area contributed by atoms with Crippen LogP contribution in [0.25, 0.3) is 0 Å². The fraction of sp³-hybridized carbons (Fsp3) is 0.286. The quantitative estimate of drug-likeness (QED) is 0.621. The van der Waals surface area contributed by atoms with Gasteiger partial charge in [0.2, 0.25) is 5.91 Å². The standard InChI is InChI=1S/C21H24N2O4S/c1-28-13-12-17(21(26)27)22-20(25)18(14-15-8-4-2-5-9-15)23-19(24)16-10-6-3-7-11-16/h2-11,17-18H,12-14H2,1H3,(H,22,25)(H,23,24)(H,26,27)/p-1/t17-,18-/m0/s1. The van der Waals surface area contributed by atoms with Crippen LogP contribution in [0.2, 0.25) is 0 Å². The van der Waals surface area contributed by atoms with E-state index in [1.165, 1.54) is 11.8 Å². The Morgan fingerprint density at radius 1 is 0.929 bits per heavy atom. The number of carbonyl (C=O) groups excluding carboxylic acids is 3. The first-order chi connectivity index (χ1) is 13.5. The summed E-state index contributed by atoms with van der Waals surface area (Å²) < 4.78 is 0. The molecule has 0 aliphatic rings. The predicted octanol–water partition coefficient (Wildman–Crippen LogP) is 1.02. The third-order valence-electron chi connectivity index (χ3n) is 4.15. The maximum Gasteiger partial charge on any atom is 0.251 e. The Balaban J connectivity index is 2.15. The summed E-state index contributed by atoms with van der Waals surface area (Å²) in [5, 5.41) is 16.6. The molecule has 0 unspecified atom stereocenters. The van der Waals surface area contributed by atoms with Crippen molar-refractivity contribution in [2.75, 3.05) is 12.0 Å². The summed E-state index contributed by atoms with van der Waals surface area (Å²) in [6, 6.07) is 15.8. The third-order valence-corrected chi connectivity index (χ3v) is 4.80. The summed E-state index contributed by atoms with van der Waals surface area (Å²) in [7, 11) is 0. The van der Waals surface area contributed by atoms with E-state index in [2.05, 4.69) is 10.6 Å². The third kappa shape index (κ3) is 6.74. The fourth-order valence-electron chi connectivity index (χ4n) is 2.65. The van der Waals surface area contributed by atoms with E-state index in [1.807, 2.05) is 36.6 Å². The minimum Gasteiger partial charge on any atom is -0.548 e. The molecule has 0 spiro atoms. The van der Waals surface area contributed by atoms with Gasteiger partial charge in [0.15, 0.2) is 0 Å². The van der Waals surface area contributed by atoms with Crippen molar-refractivity contribution in [3.05, 3.63) is 71.8 Å². The smallest absolute Gasteiger partial charge is 0.251 e. The summed E-state index contributed by atoms with van der Waals surface area (Å²) in [5.74, 6) is -1.72. The molecule has 0 aromatic heterocycles. The Morgan fingerprint density at radius 2 is 1.54 bits per heavy atom. The molecule has 0 aliphatic heterocycles. The molecule has 2 rings (SSSR count). The second-order valence-corrected chi connectivity index (χ2v) is 7.23. The first-order valence-electron chi connectivity index (χ1n) is 8.91. The Hall–Kier alpha value is -2.80. The van der Waals surface area contributed by atoms with Crippen molar-refractivity contribution in [2.45, 2.75) is 24.9 Å². The molecule has 2 N–H and O–H groups in total. The lowest BCUT2D eigenvalue weighted by molar-refractivity contribution is -0.308. The van der Waals surface area contributed by atoms with Crippen LogP contribution in [-0.2, 0) is 16.0 Å². The van der Waals surface area contributed by atoms with E-state index < -0.39 is 29.9 Å². The number of carbonyl (C=O) groups is 3. The first-order valence-corrected chi connectivity index (χ1v) is 10.3. The van der Waals surface area contributed by atoms with Crippen molar-refractivity contribution in [3.63, 3.8) is 0 Å². The minimum absolute atomic E-state index is 0.244. The van der Waals surface area contributed by atoms with E-state index in [-0.39, 0.29) is 12.8 Å². The van der Waals surface area contributed by atoms with Gasteiger partial charge in [0.1, 0.15) is 6.04 Å². The first kappa shape index (κ1) is 21.5. The van der Waals surface area contributed by atoms with Gasteiger partial charge in [-0.1, -0.05) is 48.5 Å². The molecule has 0 radical (unpaired) electrons. The molecule has 2 amide bonds. The number of amides is 2. The van der Waals surface area contributed by atoms with Gasteiger partial charge in [-0.2, -0.15) is 11.8 Å². The zero-order chi connectivity index (χ0) is 20.4. The van der Waals surface area contributed by atoms with Crippen LogP contribution in [-0.4, -0.2) is 41.9 Å². The molecule has 2 atom stereocenters. The zero-order valence-corrected chi connectivity index (χ0v) is 16.4. The molecule has 28 heavy (non-hydrogen) atoms. The fourth-order valence-corrected chi connectivity index (χ4v) is 3.12. The molecule has 7 heteroatoms. The van der Waals surface area contributed by atoms with Gasteiger partial charge in [0, 0.05) is 12.0 Å². The van der Waals surface area contributed by atoms with E-state index in [0.29, 0.717) is 11.3 Å². The second kappa shape index (κ2) is 11.1. The van der Waals surface area contributed by atoms with E-state index >= 15 is 0 Å².